The second kappa shape index (κ2) is 9.87. The molecule has 2 N–H and O–H groups in total. The van der Waals surface area contributed by atoms with Gasteiger partial charge < -0.3 is 15.3 Å². The number of carbonyl (C=O) groups excluding carboxylic acids is 2. The Labute approximate surface area is 185 Å². The van der Waals surface area contributed by atoms with E-state index in [1.165, 1.54) is 53.4 Å². The predicted molar refractivity (Wildman–Crippen MR) is 120 cm³/mol. The molecule has 0 spiro atoms. The van der Waals surface area contributed by atoms with Crippen LogP contribution in [0.25, 0.3) is 0 Å². The van der Waals surface area contributed by atoms with Gasteiger partial charge in [0.15, 0.2) is 0 Å². The largest absolute Gasteiger partial charge is 0.478 e. The molecule has 0 heterocycles. The van der Waals surface area contributed by atoms with Crippen LogP contribution in [0, 0.1) is 19.7 Å². The van der Waals surface area contributed by atoms with Crippen LogP contribution < -0.4 is 10.2 Å². The molecule has 7 heteroatoms. The summed E-state index contributed by atoms with van der Waals surface area (Å²) in [6.45, 7) is 3.64. The highest BCUT2D eigenvalue weighted by Gasteiger charge is 2.20. The van der Waals surface area contributed by atoms with Gasteiger partial charge in [0.05, 0.1) is 12.0 Å². The molecule has 6 nitrogen and oxygen atoms in total. The summed E-state index contributed by atoms with van der Waals surface area (Å²) >= 11 is 0. The maximum atomic E-state index is 13.2. The van der Waals surface area contributed by atoms with Crippen LogP contribution in [0.3, 0.4) is 0 Å². The summed E-state index contributed by atoms with van der Waals surface area (Å²) in [4.78, 5) is 38.2. The lowest BCUT2D eigenvalue weighted by molar-refractivity contribution is -0.121. The first-order chi connectivity index (χ1) is 15.2. The summed E-state index contributed by atoms with van der Waals surface area (Å²) in [5.41, 5.74) is 3.78. The zero-order chi connectivity index (χ0) is 23.3. The van der Waals surface area contributed by atoms with Gasteiger partial charge in [0.25, 0.3) is 0 Å². The van der Waals surface area contributed by atoms with Crippen LogP contribution in [0.4, 0.5) is 15.8 Å². The highest BCUT2D eigenvalue weighted by Crippen LogP contribution is 2.21. The first-order valence-corrected chi connectivity index (χ1v) is 9.98. The molecule has 0 unspecified atom stereocenters. The number of rotatable bonds is 7. The van der Waals surface area contributed by atoms with Gasteiger partial charge in [-0.1, -0.05) is 18.2 Å². The van der Waals surface area contributed by atoms with Gasteiger partial charge in [-0.15, -0.1) is 0 Å². The van der Waals surface area contributed by atoms with Crippen molar-refractivity contribution in [3.8, 4) is 0 Å². The molecule has 0 aliphatic carbocycles. The highest BCUT2D eigenvalue weighted by molar-refractivity contribution is 6.03. The molecule has 0 aliphatic heterocycles. The lowest BCUT2D eigenvalue weighted by Gasteiger charge is -2.23. The number of carboxylic acids is 1. The summed E-state index contributed by atoms with van der Waals surface area (Å²) in [7, 11) is 0. The number of aromatic carboxylic acids is 1. The van der Waals surface area contributed by atoms with Crippen LogP contribution in [-0.2, 0) is 16.0 Å². The van der Waals surface area contributed by atoms with Crippen molar-refractivity contribution in [2.24, 2.45) is 0 Å². The van der Waals surface area contributed by atoms with Crippen molar-refractivity contribution in [1.82, 2.24) is 0 Å². The highest BCUT2D eigenvalue weighted by atomic mass is 19.1. The van der Waals surface area contributed by atoms with Gasteiger partial charge in [0.2, 0.25) is 11.8 Å². The third-order valence-electron chi connectivity index (χ3n) is 5.09. The van der Waals surface area contributed by atoms with E-state index in [4.69, 9.17) is 5.11 Å². The third-order valence-corrected chi connectivity index (χ3v) is 5.09. The molecule has 164 valence electrons. The van der Waals surface area contributed by atoms with Crippen molar-refractivity contribution in [2.75, 3.05) is 16.8 Å². The Morgan fingerprint density at radius 2 is 1.56 bits per heavy atom. The molecule has 0 aliphatic rings. The summed E-state index contributed by atoms with van der Waals surface area (Å²) in [5, 5.41) is 11.7. The van der Waals surface area contributed by atoms with Crippen LogP contribution in [0.1, 0.15) is 27.0 Å². The van der Waals surface area contributed by atoms with Gasteiger partial charge >= 0.3 is 5.97 Å². The average molecular weight is 434 g/mol. The normalized spacial score (nSPS) is 10.5. The molecule has 0 saturated heterocycles. The Morgan fingerprint density at radius 1 is 0.906 bits per heavy atom. The van der Waals surface area contributed by atoms with E-state index >= 15 is 0 Å². The van der Waals surface area contributed by atoms with Crippen LogP contribution in [0.15, 0.2) is 66.7 Å². The quantitative estimate of drug-likeness (QED) is 0.579. The van der Waals surface area contributed by atoms with Gasteiger partial charge in [0.1, 0.15) is 12.4 Å². The van der Waals surface area contributed by atoms with E-state index < -0.39 is 11.9 Å². The molecule has 3 aromatic rings. The number of hydrogen-bond donors (Lipinski definition) is 2. The van der Waals surface area contributed by atoms with Gasteiger partial charge in [-0.3, -0.25) is 9.59 Å². The average Bonchev–Trinajstić information content (AvgIpc) is 2.76. The van der Waals surface area contributed by atoms with Gasteiger partial charge in [-0.25, -0.2) is 9.18 Å². The number of halogens is 1. The predicted octanol–water partition coefficient (Wildman–Crippen LogP) is 4.36. The summed E-state index contributed by atoms with van der Waals surface area (Å²) in [6, 6.07) is 16.9. The van der Waals surface area contributed by atoms with E-state index in [-0.39, 0.29) is 30.3 Å². The molecule has 0 fully saturated rings. The Hall–Kier alpha value is -4.00. The number of carboxylic acid groups (broad SMARTS) is 1. The standard InChI is InChI=1S/C25H23FN2O4/c1-16-3-12-22(13-17(16)2)28(24(30)14-18-4-8-20(26)9-5-18)15-23(29)27-21-10-6-19(7-11-21)25(31)32/h3-13H,14-15H2,1-2H3,(H,27,29)(H,31,32). The molecule has 0 saturated carbocycles. The zero-order valence-corrected chi connectivity index (χ0v) is 17.8. The van der Waals surface area contributed by atoms with Crippen molar-refractivity contribution in [3.05, 3.63) is 94.8 Å². The zero-order valence-electron chi connectivity index (χ0n) is 17.8. The molecule has 0 atom stereocenters. The van der Waals surface area contributed by atoms with E-state index in [9.17, 15) is 18.8 Å². The number of amides is 2. The summed E-state index contributed by atoms with van der Waals surface area (Å²) in [5.74, 6) is -2.19. The van der Waals surface area contributed by atoms with E-state index in [1.807, 2.05) is 26.0 Å². The Morgan fingerprint density at radius 3 is 2.16 bits per heavy atom. The third kappa shape index (κ3) is 5.78. The first-order valence-electron chi connectivity index (χ1n) is 9.98. The minimum absolute atomic E-state index is 0.00773. The van der Waals surface area contributed by atoms with Gasteiger partial charge in [-0.2, -0.15) is 0 Å². The Bertz CT molecular complexity index is 1140. The second-order valence-electron chi connectivity index (χ2n) is 7.48. The molecular formula is C25H23FN2O4. The number of aryl methyl sites for hydroxylation is 2. The molecule has 0 bridgehead atoms. The van der Waals surface area contributed by atoms with Crippen molar-refractivity contribution in [3.63, 3.8) is 0 Å². The SMILES string of the molecule is Cc1ccc(N(CC(=O)Nc2ccc(C(=O)O)cc2)C(=O)Cc2ccc(F)cc2)cc1C. The van der Waals surface area contributed by atoms with Crippen LogP contribution in [-0.4, -0.2) is 29.4 Å². The Kier molecular flexibility index (Phi) is 7.00. The van der Waals surface area contributed by atoms with Crippen molar-refractivity contribution in [2.45, 2.75) is 20.3 Å². The molecule has 0 aromatic heterocycles. The maximum absolute atomic E-state index is 13.2. The van der Waals surface area contributed by atoms with Gasteiger partial charge in [-0.05, 0) is 79.1 Å². The molecular weight excluding hydrogens is 411 g/mol. The van der Waals surface area contributed by atoms with E-state index in [0.29, 0.717) is 16.9 Å². The smallest absolute Gasteiger partial charge is 0.335 e. The fourth-order valence-corrected chi connectivity index (χ4v) is 3.13. The minimum atomic E-state index is -1.06. The van der Waals surface area contributed by atoms with Crippen molar-refractivity contribution in [1.29, 1.82) is 0 Å². The van der Waals surface area contributed by atoms with E-state index in [2.05, 4.69) is 5.32 Å². The number of nitrogens with zero attached hydrogens (tertiary/aromatic N) is 1. The van der Waals surface area contributed by atoms with Crippen LogP contribution in [0.2, 0.25) is 0 Å². The topological polar surface area (TPSA) is 86.7 Å². The molecule has 3 aromatic carbocycles. The summed E-state index contributed by atoms with van der Waals surface area (Å²) in [6.07, 6.45) is 0.00773. The van der Waals surface area contributed by atoms with Crippen molar-refractivity contribution >= 4 is 29.2 Å². The first kappa shape index (κ1) is 22.7. The van der Waals surface area contributed by atoms with Gasteiger partial charge in [0, 0.05) is 11.4 Å². The Balaban J connectivity index is 1.80. The number of hydrogen-bond acceptors (Lipinski definition) is 3. The lowest BCUT2D eigenvalue weighted by atomic mass is 10.1. The summed E-state index contributed by atoms with van der Waals surface area (Å²) < 4.78 is 13.2. The molecule has 0 radical (unpaired) electrons. The molecule has 2 amide bonds. The maximum Gasteiger partial charge on any atom is 0.335 e. The number of benzene rings is 3. The van der Waals surface area contributed by atoms with Crippen LogP contribution in [0.5, 0.6) is 0 Å². The van der Waals surface area contributed by atoms with Crippen LogP contribution >= 0.6 is 0 Å². The fraction of sp³-hybridized carbons (Fsp3) is 0.160. The lowest BCUT2D eigenvalue weighted by Crippen LogP contribution is -2.39. The minimum Gasteiger partial charge on any atom is -0.478 e. The monoisotopic (exact) mass is 434 g/mol. The van der Waals surface area contributed by atoms with E-state index in [1.54, 1.807) is 6.07 Å². The molecule has 3 rings (SSSR count). The molecule has 32 heavy (non-hydrogen) atoms. The number of anilines is 2. The number of carbonyl (C=O) groups is 3. The number of nitrogens with one attached hydrogen (secondary N) is 1. The van der Waals surface area contributed by atoms with E-state index in [0.717, 1.165) is 11.1 Å². The van der Waals surface area contributed by atoms with Crippen molar-refractivity contribution < 1.29 is 23.9 Å². The fourth-order valence-electron chi connectivity index (χ4n) is 3.13. The second-order valence-corrected chi connectivity index (χ2v) is 7.48.